The van der Waals surface area contributed by atoms with Crippen LogP contribution in [0.15, 0.2) is 54.6 Å². The lowest BCUT2D eigenvalue weighted by molar-refractivity contribution is -0.0471. The summed E-state index contributed by atoms with van der Waals surface area (Å²) >= 11 is 0. The maximum atomic E-state index is 12.7. The van der Waals surface area contributed by atoms with Gasteiger partial charge in [0.1, 0.15) is 25.1 Å². The Hall–Kier alpha value is -4.09. The van der Waals surface area contributed by atoms with E-state index >= 15 is 0 Å². The molecular formula is C32H38N4O7. The van der Waals surface area contributed by atoms with E-state index in [0.29, 0.717) is 43.4 Å². The van der Waals surface area contributed by atoms with Crippen LogP contribution in [0.3, 0.4) is 0 Å². The third kappa shape index (κ3) is 7.29. The molecule has 11 heteroatoms. The minimum atomic E-state index is -0.637. The van der Waals surface area contributed by atoms with Crippen LogP contribution in [-0.2, 0) is 32.2 Å². The summed E-state index contributed by atoms with van der Waals surface area (Å²) in [4.78, 5) is 25.0. The average molecular weight is 591 g/mol. The first-order valence-electron chi connectivity index (χ1n) is 14.9. The highest BCUT2D eigenvalue weighted by atomic mass is 16.7. The summed E-state index contributed by atoms with van der Waals surface area (Å²) in [6.45, 7) is 3.37. The SMILES string of the molecule is CC1(NC(=O)O[C@@H]2CC[C@H](c3cc(NC(=O)OCc4cccc(OCc5ccccc5)c4C4OCCO4)n[nH]3)C2)CCC1. The molecular weight excluding hydrogens is 552 g/mol. The van der Waals surface area contributed by atoms with Crippen LogP contribution in [-0.4, -0.2) is 47.2 Å². The Labute approximate surface area is 250 Å². The molecule has 11 nitrogen and oxygen atoms in total. The number of hydrogen-bond acceptors (Lipinski definition) is 8. The summed E-state index contributed by atoms with van der Waals surface area (Å²) < 4.78 is 28.9. The number of anilines is 1. The van der Waals surface area contributed by atoms with Gasteiger partial charge in [-0.2, -0.15) is 5.10 Å². The lowest BCUT2D eigenvalue weighted by Gasteiger charge is -2.38. The van der Waals surface area contributed by atoms with Gasteiger partial charge in [0.2, 0.25) is 0 Å². The van der Waals surface area contributed by atoms with E-state index in [1.165, 1.54) is 0 Å². The maximum absolute atomic E-state index is 12.7. The van der Waals surface area contributed by atoms with E-state index < -0.39 is 12.4 Å². The molecule has 2 amide bonds. The van der Waals surface area contributed by atoms with Crippen LogP contribution >= 0.6 is 0 Å². The number of carbonyl (C=O) groups is 2. The molecule has 3 aliphatic rings. The van der Waals surface area contributed by atoms with Gasteiger partial charge < -0.3 is 29.0 Å². The zero-order chi connectivity index (χ0) is 29.6. The van der Waals surface area contributed by atoms with Crippen LogP contribution in [0.4, 0.5) is 15.4 Å². The predicted molar refractivity (Wildman–Crippen MR) is 157 cm³/mol. The molecule has 2 aliphatic carbocycles. The molecule has 0 bridgehead atoms. The van der Waals surface area contributed by atoms with Crippen LogP contribution in [0.5, 0.6) is 5.75 Å². The van der Waals surface area contributed by atoms with Gasteiger partial charge in [0.05, 0.1) is 18.8 Å². The number of ether oxygens (including phenoxy) is 5. The van der Waals surface area contributed by atoms with Gasteiger partial charge in [-0.1, -0.05) is 42.5 Å². The van der Waals surface area contributed by atoms with Gasteiger partial charge in [-0.05, 0) is 57.1 Å². The molecule has 0 unspecified atom stereocenters. The minimum Gasteiger partial charge on any atom is -0.488 e. The number of carbonyl (C=O) groups excluding carboxylic acids is 2. The van der Waals surface area contributed by atoms with Gasteiger partial charge in [0.15, 0.2) is 12.1 Å². The third-order valence-corrected chi connectivity index (χ3v) is 8.40. The summed E-state index contributed by atoms with van der Waals surface area (Å²) in [5, 5.41) is 12.9. The molecule has 1 saturated heterocycles. The number of hydrogen-bond donors (Lipinski definition) is 3. The number of nitrogens with one attached hydrogen (secondary N) is 3. The number of aromatic amines is 1. The summed E-state index contributed by atoms with van der Waals surface area (Å²) in [5.74, 6) is 1.13. The Balaban J connectivity index is 1.02. The van der Waals surface area contributed by atoms with Crippen LogP contribution < -0.4 is 15.4 Å². The molecule has 1 aliphatic heterocycles. The normalized spacial score (nSPS) is 21.1. The summed E-state index contributed by atoms with van der Waals surface area (Å²) in [6.07, 6.45) is 3.72. The highest BCUT2D eigenvalue weighted by molar-refractivity contribution is 5.83. The van der Waals surface area contributed by atoms with E-state index in [1.54, 1.807) is 6.07 Å². The summed E-state index contributed by atoms with van der Waals surface area (Å²) in [6, 6.07) is 17.2. The molecule has 3 fully saturated rings. The predicted octanol–water partition coefficient (Wildman–Crippen LogP) is 6.09. The second-order valence-electron chi connectivity index (χ2n) is 11.7. The molecule has 43 heavy (non-hydrogen) atoms. The molecule has 2 heterocycles. The van der Waals surface area contributed by atoms with Gasteiger partial charge in [-0.3, -0.25) is 10.4 Å². The van der Waals surface area contributed by atoms with Crippen molar-refractivity contribution in [3.05, 3.63) is 77.0 Å². The Morgan fingerprint density at radius 2 is 1.84 bits per heavy atom. The smallest absolute Gasteiger partial charge is 0.413 e. The van der Waals surface area contributed by atoms with E-state index in [1.807, 2.05) is 48.5 Å². The zero-order valence-corrected chi connectivity index (χ0v) is 24.3. The van der Waals surface area contributed by atoms with E-state index in [9.17, 15) is 9.59 Å². The van der Waals surface area contributed by atoms with E-state index in [-0.39, 0.29) is 30.3 Å². The van der Waals surface area contributed by atoms with Gasteiger partial charge in [0.25, 0.3) is 0 Å². The van der Waals surface area contributed by atoms with Crippen molar-refractivity contribution in [1.82, 2.24) is 15.5 Å². The lowest BCUT2D eigenvalue weighted by atomic mass is 9.79. The average Bonchev–Trinajstić information content (AvgIpc) is 3.77. The highest BCUT2D eigenvalue weighted by Gasteiger charge is 2.36. The molecule has 0 radical (unpaired) electrons. The number of alkyl carbamates (subject to hydrolysis) is 1. The van der Waals surface area contributed by atoms with Crippen molar-refractivity contribution >= 4 is 18.0 Å². The second-order valence-corrected chi connectivity index (χ2v) is 11.7. The molecule has 3 N–H and O–H groups in total. The van der Waals surface area contributed by atoms with Gasteiger partial charge >= 0.3 is 12.2 Å². The van der Waals surface area contributed by atoms with Crippen molar-refractivity contribution in [1.29, 1.82) is 0 Å². The number of aromatic nitrogens is 2. The zero-order valence-electron chi connectivity index (χ0n) is 24.3. The van der Waals surface area contributed by atoms with Crippen molar-refractivity contribution in [3.8, 4) is 5.75 Å². The van der Waals surface area contributed by atoms with Crippen LogP contribution in [0.1, 0.15) is 80.0 Å². The lowest BCUT2D eigenvalue weighted by Crippen LogP contribution is -2.51. The Bertz CT molecular complexity index is 1400. The fourth-order valence-corrected chi connectivity index (χ4v) is 5.85. The van der Waals surface area contributed by atoms with E-state index in [2.05, 4.69) is 27.8 Å². The second kappa shape index (κ2) is 13.0. The minimum absolute atomic E-state index is 0.00699. The molecule has 2 aromatic carbocycles. The number of benzene rings is 2. The van der Waals surface area contributed by atoms with E-state index in [4.69, 9.17) is 23.7 Å². The number of amides is 2. The monoisotopic (exact) mass is 590 g/mol. The molecule has 6 rings (SSSR count). The van der Waals surface area contributed by atoms with Crippen molar-refractivity contribution < 1.29 is 33.3 Å². The quantitative estimate of drug-likeness (QED) is 0.259. The molecule has 1 aromatic heterocycles. The molecule has 0 spiro atoms. The Morgan fingerprint density at radius 3 is 2.60 bits per heavy atom. The van der Waals surface area contributed by atoms with E-state index in [0.717, 1.165) is 48.9 Å². The first-order chi connectivity index (χ1) is 20.9. The first-order valence-corrected chi connectivity index (χ1v) is 14.9. The summed E-state index contributed by atoms with van der Waals surface area (Å²) in [7, 11) is 0. The van der Waals surface area contributed by atoms with Gasteiger partial charge in [-0.15, -0.1) is 0 Å². The maximum Gasteiger partial charge on any atom is 0.413 e. The van der Waals surface area contributed by atoms with Crippen molar-refractivity contribution in [2.75, 3.05) is 18.5 Å². The first kappa shape index (κ1) is 29.0. The highest BCUT2D eigenvalue weighted by Crippen LogP contribution is 2.37. The van der Waals surface area contributed by atoms with Crippen LogP contribution in [0, 0.1) is 0 Å². The Morgan fingerprint density at radius 1 is 1.02 bits per heavy atom. The van der Waals surface area contributed by atoms with Gasteiger partial charge in [0, 0.05) is 28.8 Å². The molecule has 2 saturated carbocycles. The largest absolute Gasteiger partial charge is 0.488 e. The van der Waals surface area contributed by atoms with Crippen molar-refractivity contribution in [2.24, 2.45) is 0 Å². The number of rotatable bonds is 10. The third-order valence-electron chi connectivity index (χ3n) is 8.40. The van der Waals surface area contributed by atoms with Gasteiger partial charge in [-0.25, -0.2) is 9.59 Å². The van der Waals surface area contributed by atoms with Crippen molar-refractivity contribution in [2.45, 2.75) is 82.5 Å². The standard InChI is InChI=1S/C32H38N4O7/c1-32(13-6-14-32)34-31(38)43-24-12-11-22(17-24)25-18-27(36-35-25)33-30(37)42-20-23-9-5-10-26(28(23)29-39-15-16-40-29)41-19-21-7-3-2-4-8-21/h2-5,7-10,18,22,24,29H,6,11-17,19-20H2,1H3,(H,34,38)(H2,33,35,36,37)/t22-,24+/m0/s1. The Kier molecular flexibility index (Phi) is 8.80. The fraction of sp³-hybridized carbons (Fsp3) is 0.469. The molecule has 228 valence electrons. The van der Waals surface area contributed by atoms with Crippen molar-refractivity contribution in [3.63, 3.8) is 0 Å². The van der Waals surface area contributed by atoms with Crippen LogP contribution in [0.2, 0.25) is 0 Å². The number of nitrogens with zero attached hydrogens (tertiary/aromatic N) is 1. The molecule has 3 aromatic rings. The summed E-state index contributed by atoms with van der Waals surface area (Å²) in [5.41, 5.74) is 3.22. The van der Waals surface area contributed by atoms with Crippen LogP contribution in [0.25, 0.3) is 0 Å². The fourth-order valence-electron chi connectivity index (χ4n) is 5.85. The number of H-pyrrole nitrogens is 1. The topological polar surface area (TPSA) is 133 Å². The molecule has 2 atom stereocenters.